The van der Waals surface area contributed by atoms with Crippen molar-refractivity contribution in [1.29, 1.82) is 0 Å². The number of thiophene rings is 1. The first-order valence-electron chi connectivity index (χ1n) is 11.4. The summed E-state index contributed by atoms with van der Waals surface area (Å²) in [6.45, 7) is 16.7. The van der Waals surface area contributed by atoms with Crippen LogP contribution in [0.5, 0.6) is 0 Å². The van der Waals surface area contributed by atoms with Crippen LogP contribution >= 0.6 is 35.3 Å². The number of nitrogens with zero attached hydrogens (tertiary/aromatic N) is 3. The molecule has 2 N–H and O–H groups in total. The third kappa shape index (κ3) is 9.13. The highest BCUT2D eigenvalue weighted by Crippen LogP contribution is 2.26. The highest BCUT2D eigenvalue weighted by Gasteiger charge is 2.26. The fraction of sp³-hybridized carbons (Fsp3) is 0.773. The summed E-state index contributed by atoms with van der Waals surface area (Å²) in [5.41, 5.74) is 0. The summed E-state index contributed by atoms with van der Waals surface area (Å²) >= 11 is 1.83. The molecule has 1 aromatic heterocycles. The maximum atomic E-state index is 5.76. The Morgan fingerprint density at radius 2 is 2.06 bits per heavy atom. The normalized spacial score (nSPS) is 23.1. The van der Waals surface area contributed by atoms with Gasteiger partial charge in [0.2, 0.25) is 0 Å². The number of rotatable bonds is 9. The Morgan fingerprint density at radius 1 is 1.26 bits per heavy atom. The molecule has 3 atom stereocenters. The van der Waals surface area contributed by atoms with E-state index in [0.717, 1.165) is 78.1 Å². The molecule has 2 fully saturated rings. The predicted octanol–water partition coefficient (Wildman–Crippen LogP) is 2.65. The SMILES string of the molecule is CCNC(=NCC(C)CN1CCOCC1)NCC(c1cccs1)N1CCOC(C)C1.I. The van der Waals surface area contributed by atoms with E-state index in [2.05, 4.69) is 58.7 Å². The zero-order valence-corrected chi connectivity index (χ0v) is 22.4. The molecular weight excluding hydrogens is 525 g/mol. The molecule has 3 heterocycles. The number of ether oxygens (including phenoxy) is 2. The highest BCUT2D eigenvalue weighted by molar-refractivity contribution is 14.0. The van der Waals surface area contributed by atoms with Crippen molar-refractivity contribution < 1.29 is 9.47 Å². The molecule has 178 valence electrons. The van der Waals surface area contributed by atoms with Gasteiger partial charge in [0.25, 0.3) is 0 Å². The van der Waals surface area contributed by atoms with Crippen LogP contribution in [-0.2, 0) is 9.47 Å². The molecule has 1 aromatic rings. The Balaban J connectivity index is 0.00000341. The third-order valence-corrected chi connectivity index (χ3v) is 6.60. The van der Waals surface area contributed by atoms with E-state index in [1.54, 1.807) is 0 Å². The van der Waals surface area contributed by atoms with E-state index >= 15 is 0 Å². The molecule has 3 unspecified atom stereocenters. The average Bonchev–Trinajstić information content (AvgIpc) is 3.27. The van der Waals surface area contributed by atoms with Crippen LogP contribution in [0.25, 0.3) is 0 Å². The zero-order chi connectivity index (χ0) is 21.2. The van der Waals surface area contributed by atoms with Crippen LogP contribution in [0.4, 0.5) is 0 Å². The first-order valence-corrected chi connectivity index (χ1v) is 12.2. The van der Waals surface area contributed by atoms with E-state index in [0.29, 0.717) is 12.0 Å². The van der Waals surface area contributed by atoms with Gasteiger partial charge in [-0.25, -0.2) is 0 Å². The molecule has 0 bridgehead atoms. The zero-order valence-electron chi connectivity index (χ0n) is 19.2. The number of aliphatic imine (C=N–C) groups is 1. The summed E-state index contributed by atoms with van der Waals surface area (Å²) in [6.07, 6.45) is 0.282. The number of guanidine groups is 1. The quantitative estimate of drug-likeness (QED) is 0.273. The van der Waals surface area contributed by atoms with Gasteiger partial charge in [0.1, 0.15) is 0 Å². The Hall–Kier alpha value is -0.460. The van der Waals surface area contributed by atoms with Crippen molar-refractivity contribution in [3.8, 4) is 0 Å². The molecule has 2 saturated heterocycles. The molecule has 3 rings (SSSR count). The predicted molar refractivity (Wildman–Crippen MR) is 140 cm³/mol. The molecule has 0 amide bonds. The summed E-state index contributed by atoms with van der Waals surface area (Å²) < 4.78 is 11.2. The van der Waals surface area contributed by atoms with Gasteiger partial charge >= 0.3 is 0 Å². The molecule has 0 aliphatic carbocycles. The summed E-state index contributed by atoms with van der Waals surface area (Å²) in [4.78, 5) is 11.3. The van der Waals surface area contributed by atoms with Gasteiger partial charge in [-0.3, -0.25) is 14.8 Å². The van der Waals surface area contributed by atoms with Crippen LogP contribution in [0.2, 0.25) is 0 Å². The Labute approximate surface area is 209 Å². The molecule has 0 saturated carbocycles. The minimum Gasteiger partial charge on any atom is -0.379 e. The van der Waals surface area contributed by atoms with Crippen LogP contribution < -0.4 is 10.6 Å². The van der Waals surface area contributed by atoms with Crippen LogP contribution in [0.1, 0.15) is 31.7 Å². The fourth-order valence-corrected chi connectivity index (χ4v) is 4.94. The first kappa shape index (κ1) is 26.8. The second-order valence-electron chi connectivity index (χ2n) is 8.33. The number of morpholine rings is 2. The van der Waals surface area contributed by atoms with Crippen molar-refractivity contribution in [2.75, 3.05) is 72.2 Å². The van der Waals surface area contributed by atoms with Gasteiger partial charge in [0.15, 0.2) is 5.96 Å². The van der Waals surface area contributed by atoms with E-state index < -0.39 is 0 Å². The Morgan fingerprint density at radius 3 is 2.74 bits per heavy atom. The van der Waals surface area contributed by atoms with E-state index in [9.17, 15) is 0 Å². The summed E-state index contributed by atoms with van der Waals surface area (Å²) in [6, 6.07) is 4.72. The Kier molecular flexibility index (Phi) is 12.7. The van der Waals surface area contributed by atoms with Crippen LogP contribution in [0.15, 0.2) is 22.5 Å². The van der Waals surface area contributed by atoms with Crippen molar-refractivity contribution in [3.63, 3.8) is 0 Å². The third-order valence-electron chi connectivity index (χ3n) is 5.63. The molecule has 0 radical (unpaired) electrons. The molecule has 9 heteroatoms. The van der Waals surface area contributed by atoms with E-state index in [1.165, 1.54) is 4.88 Å². The van der Waals surface area contributed by atoms with E-state index in [1.807, 2.05) is 11.3 Å². The number of halogens is 1. The maximum Gasteiger partial charge on any atom is 0.191 e. The number of nitrogens with one attached hydrogen (secondary N) is 2. The van der Waals surface area contributed by atoms with Crippen LogP contribution in [0.3, 0.4) is 0 Å². The lowest BCUT2D eigenvalue weighted by molar-refractivity contribution is -0.0334. The van der Waals surface area contributed by atoms with Crippen LogP contribution in [0, 0.1) is 5.92 Å². The fourth-order valence-electron chi connectivity index (χ4n) is 4.08. The minimum absolute atomic E-state index is 0. The largest absolute Gasteiger partial charge is 0.379 e. The average molecular weight is 566 g/mol. The van der Waals surface area contributed by atoms with Gasteiger partial charge in [-0.05, 0) is 31.2 Å². The van der Waals surface area contributed by atoms with Crippen LogP contribution in [-0.4, -0.2) is 94.0 Å². The topological polar surface area (TPSA) is 61.4 Å². The van der Waals surface area contributed by atoms with E-state index in [-0.39, 0.29) is 30.1 Å². The van der Waals surface area contributed by atoms with E-state index in [4.69, 9.17) is 14.5 Å². The van der Waals surface area contributed by atoms with Crippen molar-refractivity contribution in [1.82, 2.24) is 20.4 Å². The Bertz CT molecular complexity index is 627. The van der Waals surface area contributed by atoms with Crippen molar-refractivity contribution in [3.05, 3.63) is 22.4 Å². The molecule has 2 aliphatic heterocycles. The summed E-state index contributed by atoms with van der Waals surface area (Å²) in [7, 11) is 0. The summed E-state index contributed by atoms with van der Waals surface area (Å²) in [5, 5.41) is 9.19. The lowest BCUT2D eigenvalue weighted by atomic mass is 10.1. The van der Waals surface area contributed by atoms with Gasteiger partial charge in [-0.2, -0.15) is 0 Å². The second kappa shape index (κ2) is 14.6. The van der Waals surface area contributed by atoms with Crippen molar-refractivity contribution in [2.24, 2.45) is 10.9 Å². The minimum atomic E-state index is 0. The molecule has 2 aliphatic rings. The molecule has 31 heavy (non-hydrogen) atoms. The highest BCUT2D eigenvalue weighted by atomic mass is 127. The van der Waals surface area contributed by atoms with Gasteiger partial charge < -0.3 is 20.1 Å². The van der Waals surface area contributed by atoms with Gasteiger partial charge in [0.05, 0.1) is 32.0 Å². The second-order valence-corrected chi connectivity index (χ2v) is 9.31. The summed E-state index contributed by atoms with van der Waals surface area (Å²) in [5.74, 6) is 1.43. The van der Waals surface area contributed by atoms with Gasteiger partial charge in [0, 0.05) is 57.2 Å². The maximum absolute atomic E-state index is 5.76. The van der Waals surface area contributed by atoms with Crippen molar-refractivity contribution in [2.45, 2.75) is 32.9 Å². The molecule has 0 spiro atoms. The standard InChI is InChI=1S/C22H39N5O2S.HI/c1-4-23-22(24-14-18(2)16-26-7-10-28-11-8-26)25-15-20(21-6-5-13-30-21)27-9-12-29-19(3)17-27;/h5-6,13,18-20H,4,7-12,14-17H2,1-3H3,(H2,23,24,25);1H. The first-order chi connectivity index (χ1) is 14.7. The molecule has 7 nitrogen and oxygen atoms in total. The van der Waals surface area contributed by atoms with Crippen molar-refractivity contribution >= 4 is 41.3 Å². The lowest BCUT2D eigenvalue weighted by Gasteiger charge is -2.37. The molecular formula is C22H40IN5O2S. The van der Waals surface area contributed by atoms with Gasteiger partial charge in [-0.15, -0.1) is 35.3 Å². The number of hydrogen-bond acceptors (Lipinski definition) is 6. The van der Waals surface area contributed by atoms with Gasteiger partial charge in [-0.1, -0.05) is 13.0 Å². The lowest BCUT2D eigenvalue weighted by Crippen LogP contribution is -2.48. The molecule has 0 aromatic carbocycles. The monoisotopic (exact) mass is 565 g/mol. The number of hydrogen-bond donors (Lipinski definition) is 2. The smallest absolute Gasteiger partial charge is 0.191 e.